The number of carbonyl (C=O) groups excluding carboxylic acids is 2. The van der Waals surface area contributed by atoms with Gasteiger partial charge in [0.15, 0.2) is 0 Å². The third-order valence-corrected chi connectivity index (χ3v) is 9.11. The van der Waals surface area contributed by atoms with Crippen LogP contribution in [0.3, 0.4) is 0 Å². The number of aromatic amines is 1. The predicted octanol–water partition coefficient (Wildman–Crippen LogP) is 5.30. The van der Waals surface area contributed by atoms with Crippen LogP contribution in [-0.4, -0.2) is 77.0 Å². The number of hydrogen-bond donors (Lipinski definition) is 6. The summed E-state index contributed by atoms with van der Waals surface area (Å²) in [5, 5.41) is 30.5. The lowest BCUT2D eigenvalue weighted by molar-refractivity contribution is -0.121. The summed E-state index contributed by atoms with van der Waals surface area (Å²) < 4.78 is 5.91. The van der Waals surface area contributed by atoms with Crippen molar-refractivity contribution in [2.24, 2.45) is 0 Å². The molecule has 4 aromatic rings. The first-order chi connectivity index (χ1) is 23.7. The maximum absolute atomic E-state index is 12.9. The molecular formula is C38H47N5O6. The van der Waals surface area contributed by atoms with Crippen molar-refractivity contribution in [3.05, 3.63) is 94.8 Å². The monoisotopic (exact) mass is 669 g/mol. The highest BCUT2D eigenvalue weighted by molar-refractivity contribution is 5.91. The average Bonchev–Trinajstić information content (AvgIpc) is 3.10. The van der Waals surface area contributed by atoms with E-state index < -0.39 is 17.8 Å². The molecule has 2 amide bonds. The van der Waals surface area contributed by atoms with Crippen LogP contribution in [-0.2, 0) is 9.53 Å². The Morgan fingerprint density at radius 1 is 0.939 bits per heavy atom. The number of H-pyrrole nitrogens is 1. The van der Waals surface area contributed by atoms with Crippen molar-refractivity contribution in [3.8, 4) is 16.9 Å². The Morgan fingerprint density at radius 3 is 2.47 bits per heavy atom. The molecule has 3 aromatic carbocycles. The van der Waals surface area contributed by atoms with E-state index in [1.54, 1.807) is 12.1 Å². The normalized spacial score (nSPS) is 15.1. The summed E-state index contributed by atoms with van der Waals surface area (Å²) >= 11 is 0. The molecule has 0 saturated carbocycles. The summed E-state index contributed by atoms with van der Waals surface area (Å²) in [6, 6.07) is 23.7. The van der Waals surface area contributed by atoms with Crippen LogP contribution >= 0.6 is 0 Å². The Bertz CT molecular complexity index is 1750. The van der Waals surface area contributed by atoms with Gasteiger partial charge in [0.1, 0.15) is 11.4 Å². The fraction of sp³-hybridized carbons (Fsp3) is 0.395. The molecule has 1 saturated heterocycles. The number of aromatic hydroxyl groups is 1. The van der Waals surface area contributed by atoms with Crippen molar-refractivity contribution in [1.29, 1.82) is 0 Å². The molecule has 1 aliphatic heterocycles. The van der Waals surface area contributed by atoms with E-state index in [0.29, 0.717) is 61.1 Å². The third kappa shape index (κ3) is 10.1. The minimum absolute atomic E-state index is 0.0322. The summed E-state index contributed by atoms with van der Waals surface area (Å²) in [4.78, 5) is 41.8. The molecule has 1 atom stereocenters. The van der Waals surface area contributed by atoms with Gasteiger partial charge in [-0.15, -0.1) is 0 Å². The molecule has 11 heteroatoms. The van der Waals surface area contributed by atoms with Crippen molar-refractivity contribution >= 4 is 28.6 Å². The van der Waals surface area contributed by atoms with Gasteiger partial charge >= 0.3 is 6.09 Å². The average molecular weight is 670 g/mol. The number of nitrogens with one attached hydrogen (secondary N) is 4. The number of amides is 2. The van der Waals surface area contributed by atoms with Crippen molar-refractivity contribution in [2.75, 3.05) is 44.6 Å². The van der Waals surface area contributed by atoms with Gasteiger partial charge in [-0.25, -0.2) is 4.79 Å². The molecule has 0 spiro atoms. The van der Waals surface area contributed by atoms with E-state index in [9.17, 15) is 24.6 Å². The molecule has 1 aromatic heterocycles. The molecular weight excluding hydrogens is 622 g/mol. The van der Waals surface area contributed by atoms with Gasteiger partial charge in [0.05, 0.1) is 17.3 Å². The quantitative estimate of drug-likeness (QED) is 0.0932. The Morgan fingerprint density at radius 2 is 1.67 bits per heavy atom. The van der Waals surface area contributed by atoms with Crippen molar-refractivity contribution in [1.82, 2.24) is 20.5 Å². The first-order valence-electron chi connectivity index (χ1n) is 17.1. The number of rotatable bonds is 15. The minimum atomic E-state index is -0.790. The highest BCUT2D eigenvalue weighted by Gasteiger charge is 2.34. The van der Waals surface area contributed by atoms with E-state index >= 15 is 0 Å². The zero-order valence-corrected chi connectivity index (χ0v) is 28.0. The maximum Gasteiger partial charge on any atom is 0.412 e. The molecule has 0 unspecified atom stereocenters. The molecule has 6 N–H and O–H groups in total. The second-order valence-electron chi connectivity index (χ2n) is 12.9. The Balaban J connectivity index is 0.918. The number of piperidine rings is 1. The molecule has 0 radical (unpaired) electrons. The number of unbranched alkanes of at least 4 members (excludes halogenated alkanes) is 2. The summed E-state index contributed by atoms with van der Waals surface area (Å²) in [5.41, 5.74) is 2.73. The van der Waals surface area contributed by atoms with Gasteiger partial charge < -0.3 is 35.5 Å². The molecule has 0 aliphatic carbocycles. The Labute approximate surface area is 286 Å². The number of phenolic OH excluding ortho intramolecular Hbond substituents is 1. The number of pyridine rings is 1. The standard InChI is InChI=1S/C38H47N5O6/c1-38(49-37(48)41-31-13-7-6-12-28(31)27-10-4-2-5-11-27)19-24-43(25-20-38)23-18-34(46)40-22-9-3-8-21-39-26-33(45)29-14-16-32(44)36-30(29)15-17-35(47)42-36/h2,4-7,10-17,33,39,44-45H,3,8-9,18-26H2,1H3,(H,40,46)(H,41,48)(H,42,47)/t33-/m0/s1. The van der Waals surface area contributed by atoms with Crippen LogP contribution in [0.4, 0.5) is 10.5 Å². The van der Waals surface area contributed by atoms with Crippen LogP contribution in [0, 0.1) is 0 Å². The topological polar surface area (TPSA) is 156 Å². The molecule has 49 heavy (non-hydrogen) atoms. The zero-order valence-electron chi connectivity index (χ0n) is 28.0. The number of ether oxygens (including phenoxy) is 1. The fourth-order valence-corrected chi connectivity index (χ4v) is 6.20. The second kappa shape index (κ2) is 17.1. The number of phenols is 1. The molecule has 2 heterocycles. The van der Waals surface area contributed by atoms with Gasteiger partial charge in [0, 0.05) is 56.2 Å². The van der Waals surface area contributed by atoms with Crippen LogP contribution in [0.5, 0.6) is 5.75 Å². The SMILES string of the molecule is CC1(OC(=O)Nc2ccccc2-c2ccccc2)CCN(CCC(=O)NCCCCCNC[C@H](O)c2ccc(O)c3[nH]c(=O)ccc23)CC1. The number of likely N-dealkylation sites (tertiary alicyclic amines) is 1. The van der Waals surface area contributed by atoms with Crippen molar-refractivity contribution in [2.45, 2.75) is 57.2 Å². The van der Waals surface area contributed by atoms with Gasteiger partial charge in [0.2, 0.25) is 11.5 Å². The van der Waals surface area contributed by atoms with Crippen LogP contribution in [0.1, 0.15) is 57.1 Å². The predicted molar refractivity (Wildman–Crippen MR) is 192 cm³/mol. The maximum atomic E-state index is 12.9. The molecule has 5 rings (SSSR count). The van der Waals surface area contributed by atoms with Gasteiger partial charge in [0.25, 0.3) is 0 Å². The molecule has 260 valence electrons. The zero-order chi connectivity index (χ0) is 34.6. The van der Waals surface area contributed by atoms with E-state index in [4.69, 9.17) is 4.74 Å². The highest BCUT2D eigenvalue weighted by Crippen LogP contribution is 2.31. The number of fused-ring (bicyclic) bond motifs is 1. The lowest BCUT2D eigenvalue weighted by atomic mass is 9.93. The highest BCUT2D eigenvalue weighted by atomic mass is 16.6. The van der Waals surface area contributed by atoms with E-state index in [2.05, 4.69) is 25.8 Å². The first-order valence-corrected chi connectivity index (χ1v) is 17.1. The molecule has 1 fully saturated rings. The van der Waals surface area contributed by atoms with Crippen LogP contribution in [0.25, 0.3) is 22.0 Å². The van der Waals surface area contributed by atoms with Gasteiger partial charge in [-0.2, -0.15) is 0 Å². The molecule has 1 aliphatic rings. The lowest BCUT2D eigenvalue weighted by Gasteiger charge is -2.38. The number of aliphatic hydroxyl groups excluding tert-OH is 1. The molecule has 0 bridgehead atoms. The van der Waals surface area contributed by atoms with Crippen LogP contribution in [0.15, 0.2) is 83.7 Å². The van der Waals surface area contributed by atoms with E-state index in [0.717, 1.165) is 50.0 Å². The summed E-state index contributed by atoms with van der Waals surface area (Å²) in [6.45, 7) is 5.82. The number of para-hydroxylation sites is 1. The van der Waals surface area contributed by atoms with E-state index in [1.165, 1.54) is 12.1 Å². The Hall–Kier alpha value is -4.71. The molecule has 11 nitrogen and oxygen atoms in total. The van der Waals surface area contributed by atoms with Gasteiger partial charge in [-0.1, -0.05) is 61.0 Å². The summed E-state index contributed by atoms with van der Waals surface area (Å²) in [6.07, 6.45) is 3.26. The van der Waals surface area contributed by atoms with E-state index in [-0.39, 0.29) is 17.2 Å². The van der Waals surface area contributed by atoms with E-state index in [1.807, 2.05) is 61.5 Å². The number of nitrogens with zero attached hydrogens (tertiary/aromatic N) is 1. The van der Waals surface area contributed by atoms with Crippen LogP contribution < -0.4 is 21.5 Å². The van der Waals surface area contributed by atoms with Crippen molar-refractivity contribution < 1.29 is 24.5 Å². The summed E-state index contributed by atoms with van der Waals surface area (Å²) in [7, 11) is 0. The van der Waals surface area contributed by atoms with Crippen molar-refractivity contribution in [3.63, 3.8) is 0 Å². The number of benzene rings is 3. The number of hydrogen-bond acceptors (Lipinski definition) is 8. The van der Waals surface area contributed by atoms with Gasteiger partial charge in [-0.3, -0.25) is 14.9 Å². The fourth-order valence-electron chi connectivity index (χ4n) is 6.20. The smallest absolute Gasteiger partial charge is 0.412 e. The number of aliphatic hydroxyl groups is 1. The minimum Gasteiger partial charge on any atom is -0.506 e. The Kier molecular flexibility index (Phi) is 12.4. The lowest BCUT2D eigenvalue weighted by Crippen LogP contribution is -2.46. The third-order valence-electron chi connectivity index (χ3n) is 9.11. The van der Waals surface area contributed by atoms with Crippen LogP contribution in [0.2, 0.25) is 0 Å². The number of carbonyl (C=O) groups is 2. The summed E-state index contributed by atoms with van der Waals surface area (Å²) in [5.74, 6) is -0.00161. The second-order valence-corrected chi connectivity index (χ2v) is 12.9. The first kappa shape index (κ1) is 35.6. The number of aromatic nitrogens is 1. The largest absolute Gasteiger partial charge is 0.506 e. The van der Waals surface area contributed by atoms with Gasteiger partial charge in [-0.05, 0) is 68.5 Å². The number of anilines is 1.